The van der Waals surface area contributed by atoms with E-state index in [0.717, 1.165) is 11.0 Å². The molecule has 3 aromatic rings. The van der Waals surface area contributed by atoms with Gasteiger partial charge in [-0.15, -0.1) is 0 Å². The fraction of sp³-hybridized carbons (Fsp3) is 0.0556. The van der Waals surface area contributed by atoms with E-state index < -0.39 is 0 Å². The topological polar surface area (TPSA) is 3.88 Å². The van der Waals surface area contributed by atoms with Crippen molar-refractivity contribution in [3.63, 3.8) is 0 Å². The summed E-state index contributed by atoms with van der Waals surface area (Å²) in [6.07, 6.45) is 6.47. The fourth-order valence-corrected chi connectivity index (χ4v) is 2.66. The molecule has 0 saturated carbocycles. The molecule has 106 valence electrons. The van der Waals surface area contributed by atoms with E-state index in [2.05, 4.69) is 93.4 Å². The number of hydrogen-bond acceptors (Lipinski definition) is 0. The van der Waals surface area contributed by atoms with Crippen molar-refractivity contribution < 1.29 is 21.5 Å². The van der Waals surface area contributed by atoms with Crippen LogP contribution in [0.2, 0.25) is 0 Å². The van der Waals surface area contributed by atoms with E-state index in [4.69, 9.17) is 0 Å². The number of halogens is 2. The van der Waals surface area contributed by atoms with Crippen LogP contribution in [0.25, 0.3) is 17.0 Å². The Morgan fingerprint density at radius 3 is 2.57 bits per heavy atom. The maximum atomic E-state index is 3.52. The average Bonchev–Trinajstić information content (AvgIpc) is 2.48. The summed E-state index contributed by atoms with van der Waals surface area (Å²) in [6, 6.07) is 21.0. The van der Waals surface area contributed by atoms with Crippen LogP contribution >= 0.6 is 15.9 Å². The molecule has 0 saturated heterocycles. The molecule has 0 unspecified atom stereocenters. The van der Waals surface area contributed by atoms with Gasteiger partial charge in [-0.3, -0.25) is 0 Å². The van der Waals surface area contributed by atoms with Crippen molar-refractivity contribution in [2.24, 2.45) is 0 Å². The SMILES string of the molecule is Brc1ccc2c(ccc[n+]2C/C=C/c2ccccc2)c1.[Br-]. The normalized spacial score (nSPS) is 10.7. The Balaban J connectivity index is 0.00000161. The molecule has 0 aliphatic rings. The first-order valence-corrected chi connectivity index (χ1v) is 7.41. The summed E-state index contributed by atoms with van der Waals surface area (Å²) in [6.45, 7) is 0.869. The van der Waals surface area contributed by atoms with E-state index in [1.54, 1.807) is 0 Å². The molecule has 21 heavy (non-hydrogen) atoms. The molecular weight excluding hydrogens is 390 g/mol. The van der Waals surface area contributed by atoms with Crippen LogP contribution in [0.1, 0.15) is 5.56 Å². The summed E-state index contributed by atoms with van der Waals surface area (Å²) >= 11 is 3.52. The molecule has 1 nitrogen and oxygen atoms in total. The second-order valence-corrected chi connectivity index (χ2v) is 5.59. The minimum Gasteiger partial charge on any atom is -1.00 e. The van der Waals surface area contributed by atoms with E-state index >= 15 is 0 Å². The lowest BCUT2D eigenvalue weighted by atomic mass is 10.2. The molecular formula is C18H15Br2N. The standard InChI is InChI=1S/C18H15BrN.BrH/c19-17-10-11-18-16(14-17)9-5-13-20(18)12-4-8-15-6-2-1-3-7-15;/h1-11,13-14H,12H2;1H/q+1;/p-1/b8-4+;. The number of fused-ring (bicyclic) bond motifs is 1. The van der Waals surface area contributed by atoms with E-state index in [-0.39, 0.29) is 17.0 Å². The van der Waals surface area contributed by atoms with Gasteiger partial charge in [-0.25, -0.2) is 0 Å². The Labute approximate surface area is 143 Å². The van der Waals surface area contributed by atoms with Gasteiger partial charge in [-0.2, -0.15) is 4.57 Å². The Morgan fingerprint density at radius 1 is 0.952 bits per heavy atom. The zero-order valence-corrected chi connectivity index (χ0v) is 14.6. The number of aromatic nitrogens is 1. The molecule has 3 rings (SSSR count). The molecule has 0 atom stereocenters. The maximum Gasteiger partial charge on any atom is 0.212 e. The first-order chi connectivity index (χ1) is 9.83. The lowest BCUT2D eigenvalue weighted by Gasteiger charge is -1.99. The zero-order valence-electron chi connectivity index (χ0n) is 11.4. The number of benzene rings is 2. The van der Waals surface area contributed by atoms with Crippen LogP contribution in [0.4, 0.5) is 0 Å². The predicted molar refractivity (Wildman–Crippen MR) is 87.3 cm³/mol. The van der Waals surface area contributed by atoms with Crippen molar-refractivity contribution in [3.8, 4) is 0 Å². The number of nitrogens with zero attached hydrogens (tertiary/aromatic N) is 1. The highest BCUT2D eigenvalue weighted by Gasteiger charge is 2.06. The molecule has 0 N–H and O–H groups in total. The lowest BCUT2D eigenvalue weighted by Crippen LogP contribution is -3.00. The Bertz CT molecular complexity index is 752. The number of allylic oxidation sites excluding steroid dienone is 1. The van der Waals surface area contributed by atoms with Crippen molar-refractivity contribution in [1.82, 2.24) is 0 Å². The first-order valence-electron chi connectivity index (χ1n) is 6.62. The summed E-state index contributed by atoms with van der Waals surface area (Å²) in [5.41, 5.74) is 2.48. The molecule has 0 radical (unpaired) electrons. The Kier molecular flexibility index (Phi) is 5.71. The van der Waals surface area contributed by atoms with Crippen LogP contribution < -0.4 is 21.5 Å². The van der Waals surface area contributed by atoms with Gasteiger partial charge >= 0.3 is 0 Å². The van der Waals surface area contributed by atoms with Gasteiger partial charge in [0, 0.05) is 22.0 Å². The van der Waals surface area contributed by atoms with Gasteiger partial charge in [0.05, 0.1) is 0 Å². The van der Waals surface area contributed by atoms with Crippen molar-refractivity contribution in [2.75, 3.05) is 0 Å². The summed E-state index contributed by atoms with van der Waals surface area (Å²) in [5.74, 6) is 0. The molecule has 1 heterocycles. The highest BCUT2D eigenvalue weighted by molar-refractivity contribution is 9.10. The van der Waals surface area contributed by atoms with Crippen LogP contribution in [0.5, 0.6) is 0 Å². The van der Waals surface area contributed by atoms with Crippen LogP contribution in [-0.2, 0) is 6.54 Å². The van der Waals surface area contributed by atoms with Crippen LogP contribution in [0.15, 0.2) is 77.4 Å². The third-order valence-corrected chi connectivity index (χ3v) is 3.75. The minimum atomic E-state index is 0. The first kappa shape index (κ1) is 15.9. The smallest absolute Gasteiger partial charge is 0.212 e. The van der Waals surface area contributed by atoms with E-state index in [1.807, 2.05) is 6.07 Å². The summed E-state index contributed by atoms with van der Waals surface area (Å²) in [7, 11) is 0. The van der Waals surface area contributed by atoms with E-state index in [9.17, 15) is 0 Å². The Morgan fingerprint density at radius 2 is 1.76 bits per heavy atom. The van der Waals surface area contributed by atoms with Gasteiger partial charge in [0.2, 0.25) is 5.52 Å². The third kappa shape index (κ3) is 4.02. The zero-order chi connectivity index (χ0) is 13.8. The van der Waals surface area contributed by atoms with Crippen LogP contribution in [0.3, 0.4) is 0 Å². The molecule has 3 heteroatoms. The van der Waals surface area contributed by atoms with Crippen molar-refractivity contribution in [2.45, 2.75) is 6.54 Å². The minimum absolute atomic E-state index is 0. The van der Waals surface area contributed by atoms with E-state index in [0.29, 0.717) is 0 Å². The van der Waals surface area contributed by atoms with Gasteiger partial charge in [-0.1, -0.05) is 52.3 Å². The summed E-state index contributed by atoms with van der Waals surface area (Å²) in [4.78, 5) is 0. The quantitative estimate of drug-likeness (QED) is 0.584. The highest BCUT2D eigenvalue weighted by Crippen LogP contribution is 2.16. The van der Waals surface area contributed by atoms with Gasteiger partial charge < -0.3 is 17.0 Å². The van der Waals surface area contributed by atoms with Crippen LogP contribution in [0, 0.1) is 0 Å². The molecule has 0 spiro atoms. The average molecular weight is 405 g/mol. The molecule has 0 fully saturated rings. The molecule has 2 aromatic carbocycles. The molecule has 0 amide bonds. The van der Waals surface area contributed by atoms with Gasteiger partial charge in [0.1, 0.15) is 0 Å². The van der Waals surface area contributed by atoms with Gasteiger partial charge in [0.15, 0.2) is 12.7 Å². The van der Waals surface area contributed by atoms with Gasteiger partial charge in [-0.05, 0) is 29.8 Å². The van der Waals surface area contributed by atoms with E-state index in [1.165, 1.54) is 16.5 Å². The summed E-state index contributed by atoms with van der Waals surface area (Å²) in [5, 5.41) is 1.25. The van der Waals surface area contributed by atoms with Crippen molar-refractivity contribution >= 4 is 32.9 Å². The number of pyridine rings is 1. The fourth-order valence-electron chi connectivity index (χ4n) is 2.28. The molecule has 0 bridgehead atoms. The highest BCUT2D eigenvalue weighted by atomic mass is 79.9. The Hall–Kier alpha value is -1.45. The van der Waals surface area contributed by atoms with Crippen molar-refractivity contribution in [3.05, 3.63) is 83.0 Å². The monoisotopic (exact) mass is 403 g/mol. The predicted octanol–water partition coefficient (Wildman–Crippen LogP) is 1.61. The van der Waals surface area contributed by atoms with Crippen molar-refractivity contribution in [1.29, 1.82) is 0 Å². The maximum absolute atomic E-state index is 3.52. The second kappa shape index (κ2) is 7.53. The second-order valence-electron chi connectivity index (χ2n) is 4.68. The largest absolute Gasteiger partial charge is 1.00 e. The van der Waals surface area contributed by atoms with Gasteiger partial charge in [0.25, 0.3) is 0 Å². The van der Waals surface area contributed by atoms with Crippen LogP contribution in [-0.4, -0.2) is 0 Å². The number of hydrogen-bond donors (Lipinski definition) is 0. The number of rotatable bonds is 3. The summed E-state index contributed by atoms with van der Waals surface area (Å²) < 4.78 is 3.36. The molecule has 0 aliphatic heterocycles. The molecule has 0 aliphatic carbocycles. The molecule has 1 aromatic heterocycles. The lowest BCUT2D eigenvalue weighted by molar-refractivity contribution is -0.660. The third-order valence-electron chi connectivity index (χ3n) is 3.25.